The van der Waals surface area contributed by atoms with Gasteiger partial charge in [0.15, 0.2) is 11.2 Å². The van der Waals surface area contributed by atoms with Crippen molar-refractivity contribution in [3.8, 4) is 11.3 Å². The predicted octanol–water partition coefficient (Wildman–Crippen LogP) is 5.75. The molecule has 1 N–H and O–H groups in total. The Kier molecular flexibility index (Phi) is 6.15. The fraction of sp³-hybridized carbons (Fsp3) is 0.217. The Morgan fingerprint density at radius 1 is 1.04 bits per heavy atom. The van der Waals surface area contributed by atoms with E-state index in [4.69, 9.17) is 4.42 Å². The first-order valence-electron chi connectivity index (χ1n) is 9.27. The van der Waals surface area contributed by atoms with Crippen molar-refractivity contribution >= 4 is 27.5 Å². The Bertz CT molecular complexity index is 1050. The van der Waals surface area contributed by atoms with Gasteiger partial charge in [0.2, 0.25) is 0 Å². The van der Waals surface area contributed by atoms with Crippen LogP contribution >= 0.6 is 15.9 Å². The van der Waals surface area contributed by atoms with E-state index < -0.39 is 5.91 Å². The van der Waals surface area contributed by atoms with Gasteiger partial charge in [0.25, 0.3) is 5.91 Å². The molecule has 5 heteroatoms. The molecule has 28 heavy (non-hydrogen) atoms. The highest BCUT2D eigenvalue weighted by Gasteiger charge is 2.22. The van der Waals surface area contributed by atoms with E-state index in [1.54, 1.807) is 6.92 Å². The van der Waals surface area contributed by atoms with Crippen LogP contribution < -0.4 is 10.7 Å². The van der Waals surface area contributed by atoms with E-state index in [1.807, 2.05) is 56.3 Å². The van der Waals surface area contributed by atoms with Crippen LogP contribution in [0.15, 0.2) is 62.2 Å². The fourth-order valence-corrected chi connectivity index (χ4v) is 3.79. The van der Waals surface area contributed by atoms with Crippen molar-refractivity contribution in [1.82, 2.24) is 0 Å². The van der Waals surface area contributed by atoms with E-state index >= 15 is 0 Å². The van der Waals surface area contributed by atoms with E-state index in [2.05, 4.69) is 21.2 Å². The molecule has 0 saturated carbocycles. The van der Waals surface area contributed by atoms with Crippen molar-refractivity contribution in [2.24, 2.45) is 0 Å². The van der Waals surface area contributed by atoms with Crippen LogP contribution in [0.25, 0.3) is 11.3 Å². The lowest BCUT2D eigenvalue weighted by molar-refractivity contribution is 0.102. The lowest BCUT2D eigenvalue weighted by Gasteiger charge is -2.16. The molecule has 1 amide bonds. The van der Waals surface area contributed by atoms with Crippen LogP contribution in [0.4, 0.5) is 5.69 Å². The molecule has 2 aromatic carbocycles. The summed E-state index contributed by atoms with van der Waals surface area (Å²) in [5.74, 6) is 0.295. The summed E-state index contributed by atoms with van der Waals surface area (Å²) in [6.45, 7) is 5.77. The first-order valence-corrected chi connectivity index (χ1v) is 10.1. The molecule has 0 bridgehead atoms. The predicted molar refractivity (Wildman–Crippen MR) is 116 cm³/mol. The van der Waals surface area contributed by atoms with Gasteiger partial charge in [-0.2, -0.15) is 0 Å². The van der Waals surface area contributed by atoms with Crippen molar-refractivity contribution in [2.75, 3.05) is 5.32 Å². The standard InChI is InChI=1S/C23H22BrNO3/c1-4-15-12-18(24)13-16(5-2)21(15)25-23(27)20-19(26)11-14(3)28-22(20)17-9-7-6-8-10-17/h6-13H,4-5H2,1-3H3,(H,25,27). The van der Waals surface area contributed by atoms with Crippen LogP contribution in [-0.2, 0) is 12.8 Å². The molecule has 0 aliphatic heterocycles. The maximum Gasteiger partial charge on any atom is 0.263 e. The second-order valence-electron chi connectivity index (χ2n) is 6.55. The number of nitrogens with one attached hydrogen (secondary N) is 1. The van der Waals surface area contributed by atoms with Crippen molar-refractivity contribution in [3.63, 3.8) is 0 Å². The van der Waals surface area contributed by atoms with Gasteiger partial charge in [-0.1, -0.05) is 60.1 Å². The Balaban J connectivity index is 2.12. The van der Waals surface area contributed by atoms with Crippen molar-refractivity contribution in [3.05, 3.63) is 85.7 Å². The van der Waals surface area contributed by atoms with Gasteiger partial charge in [-0.05, 0) is 43.0 Å². The summed E-state index contributed by atoms with van der Waals surface area (Å²) in [7, 11) is 0. The Hall–Kier alpha value is -2.66. The molecule has 0 saturated heterocycles. The average molecular weight is 440 g/mol. The molecule has 0 atom stereocenters. The van der Waals surface area contributed by atoms with E-state index in [0.29, 0.717) is 11.3 Å². The average Bonchev–Trinajstić information content (AvgIpc) is 2.68. The van der Waals surface area contributed by atoms with E-state index in [-0.39, 0.29) is 16.8 Å². The van der Waals surface area contributed by atoms with Gasteiger partial charge in [-0.25, -0.2) is 0 Å². The van der Waals surface area contributed by atoms with E-state index in [0.717, 1.165) is 34.1 Å². The highest BCUT2D eigenvalue weighted by molar-refractivity contribution is 9.10. The summed E-state index contributed by atoms with van der Waals surface area (Å²) in [6.07, 6.45) is 1.52. The quantitative estimate of drug-likeness (QED) is 0.549. The topological polar surface area (TPSA) is 59.3 Å². The molecule has 0 spiro atoms. The third-order valence-corrected chi connectivity index (χ3v) is 5.06. The largest absolute Gasteiger partial charge is 0.460 e. The van der Waals surface area contributed by atoms with Crippen LogP contribution in [0, 0.1) is 6.92 Å². The number of carbonyl (C=O) groups excluding carboxylic acids is 1. The third kappa shape index (κ3) is 4.09. The number of hydrogen-bond acceptors (Lipinski definition) is 3. The van der Waals surface area contributed by atoms with Crippen LogP contribution in [-0.4, -0.2) is 5.91 Å². The molecule has 4 nitrogen and oxygen atoms in total. The molecule has 1 heterocycles. The number of aryl methyl sites for hydroxylation is 3. The minimum atomic E-state index is -0.459. The molecule has 0 aliphatic rings. The van der Waals surface area contributed by atoms with Crippen LogP contribution in [0.2, 0.25) is 0 Å². The monoisotopic (exact) mass is 439 g/mol. The molecule has 144 valence electrons. The summed E-state index contributed by atoms with van der Waals surface area (Å²) in [4.78, 5) is 25.9. The third-order valence-electron chi connectivity index (χ3n) is 4.60. The number of halogens is 1. The van der Waals surface area contributed by atoms with Gasteiger partial charge in [0.05, 0.1) is 0 Å². The van der Waals surface area contributed by atoms with Gasteiger partial charge in [-0.15, -0.1) is 0 Å². The summed E-state index contributed by atoms with van der Waals surface area (Å²) in [6, 6.07) is 14.5. The fourth-order valence-electron chi connectivity index (χ4n) is 3.24. The van der Waals surface area contributed by atoms with Crippen LogP contribution in [0.3, 0.4) is 0 Å². The second kappa shape index (κ2) is 8.57. The zero-order chi connectivity index (χ0) is 20.3. The normalized spacial score (nSPS) is 10.7. The number of rotatable bonds is 5. The molecule has 0 unspecified atom stereocenters. The minimum absolute atomic E-state index is 0.0174. The summed E-state index contributed by atoms with van der Waals surface area (Å²) in [5.41, 5.74) is 3.14. The molecular weight excluding hydrogens is 418 g/mol. The number of hydrogen-bond donors (Lipinski definition) is 1. The SMILES string of the molecule is CCc1cc(Br)cc(CC)c1NC(=O)c1c(-c2ccccc2)oc(C)cc1=O. The van der Waals surface area contributed by atoms with Gasteiger partial charge < -0.3 is 9.73 Å². The van der Waals surface area contributed by atoms with Gasteiger partial charge >= 0.3 is 0 Å². The highest BCUT2D eigenvalue weighted by Crippen LogP contribution is 2.29. The molecule has 0 fully saturated rings. The molecule has 0 radical (unpaired) electrons. The molecule has 3 rings (SSSR count). The van der Waals surface area contributed by atoms with Crippen molar-refractivity contribution < 1.29 is 9.21 Å². The minimum Gasteiger partial charge on any atom is -0.460 e. The first kappa shape index (κ1) is 20.1. The molecular formula is C23H22BrNO3. The lowest BCUT2D eigenvalue weighted by Crippen LogP contribution is -2.23. The zero-order valence-electron chi connectivity index (χ0n) is 16.1. The Labute approximate surface area is 172 Å². The smallest absolute Gasteiger partial charge is 0.263 e. The number of benzene rings is 2. The summed E-state index contributed by atoms with van der Waals surface area (Å²) in [5, 5.41) is 2.98. The maximum atomic E-state index is 13.2. The molecule has 1 aromatic heterocycles. The van der Waals surface area contributed by atoms with Crippen LogP contribution in [0.1, 0.15) is 41.1 Å². The lowest BCUT2D eigenvalue weighted by atomic mass is 10.0. The van der Waals surface area contributed by atoms with Gasteiger partial charge in [0, 0.05) is 21.8 Å². The van der Waals surface area contributed by atoms with Crippen LogP contribution in [0.5, 0.6) is 0 Å². The summed E-state index contributed by atoms with van der Waals surface area (Å²) >= 11 is 3.52. The number of carbonyl (C=O) groups is 1. The van der Waals surface area contributed by atoms with E-state index in [9.17, 15) is 9.59 Å². The first-order chi connectivity index (χ1) is 13.4. The number of amides is 1. The highest BCUT2D eigenvalue weighted by atomic mass is 79.9. The second-order valence-corrected chi connectivity index (χ2v) is 7.47. The maximum absolute atomic E-state index is 13.2. The Morgan fingerprint density at radius 2 is 1.64 bits per heavy atom. The van der Waals surface area contributed by atoms with E-state index in [1.165, 1.54) is 6.07 Å². The van der Waals surface area contributed by atoms with Gasteiger partial charge in [-0.3, -0.25) is 9.59 Å². The number of anilines is 1. The van der Waals surface area contributed by atoms with Crippen molar-refractivity contribution in [2.45, 2.75) is 33.6 Å². The molecule has 3 aromatic rings. The Morgan fingerprint density at radius 3 is 2.21 bits per heavy atom. The van der Waals surface area contributed by atoms with Gasteiger partial charge in [0.1, 0.15) is 11.3 Å². The summed E-state index contributed by atoms with van der Waals surface area (Å²) < 4.78 is 6.77. The molecule has 0 aliphatic carbocycles. The van der Waals surface area contributed by atoms with Crippen molar-refractivity contribution in [1.29, 1.82) is 0 Å². The zero-order valence-corrected chi connectivity index (χ0v) is 17.7.